The van der Waals surface area contributed by atoms with Crippen LogP contribution < -0.4 is 15.5 Å². The summed E-state index contributed by atoms with van der Waals surface area (Å²) >= 11 is 0. The van der Waals surface area contributed by atoms with Crippen LogP contribution in [0.2, 0.25) is 0 Å². The van der Waals surface area contributed by atoms with Crippen LogP contribution in [0.3, 0.4) is 0 Å². The first-order chi connectivity index (χ1) is 14.3. The molecule has 3 aromatic rings. The highest BCUT2D eigenvalue weighted by atomic mass is 19.1. The van der Waals surface area contributed by atoms with Crippen LogP contribution >= 0.6 is 0 Å². The number of aromatic nitrogens is 2. The quantitative estimate of drug-likeness (QED) is 0.636. The van der Waals surface area contributed by atoms with E-state index in [9.17, 15) is 4.39 Å². The maximum atomic E-state index is 13.0. The summed E-state index contributed by atoms with van der Waals surface area (Å²) in [5.41, 5.74) is 3.16. The first-order valence-electron chi connectivity index (χ1n) is 9.78. The van der Waals surface area contributed by atoms with Gasteiger partial charge in [0.15, 0.2) is 0 Å². The molecule has 0 bridgehead atoms. The molecular formula is C22H24FN5O. The van der Waals surface area contributed by atoms with Crippen LogP contribution in [0.15, 0.2) is 60.8 Å². The van der Waals surface area contributed by atoms with Crippen molar-refractivity contribution in [3.05, 3.63) is 72.2 Å². The zero-order valence-corrected chi connectivity index (χ0v) is 16.1. The third-order valence-electron chi connectivity index (χ3n) is 4.79. The molecule has 0 aliphatic carbocycles. The summed E-state index contributed by atoms with van der Waals surface area (Å²) in [6.07, 6.45) is 2.51. The molecule has 1 aliphatic heterocycles. The summed E-state index contributed by atoms with van der Waals surface area (Å²) in [7, 11) is 0. The number of para-hydroxylation sites is 2. The van der Waals surface area contributed by atoms with Gasteiger partial charge in [-0.2, -0.15) is 4.98 Å². The Labute approximate surface area is 169 Å². The van der Waals surface area contributed by atoms with E-state index in [4.69, 9.17) is 4.74 Å². The van der Waals surface area contributed by atoms with E-state index in [2.05, 4.69) is 31.6 Å². The summed E-state index contributed by atoms with van der Waals surface area (Å²) in [6, 6.07) is 16.5. The SMILES string of the molecule is Fc1ccc(CCNc2ccnc(Nc3ccccc3N3CCOCC3)n2)cc1. The highest BCUT2D eigenvalue weighted by Gasteiger charge is 2.15. The number of rotatable bonds is 7. The average molecular weight is 393 g/mol. The second-order valence-electron chi connectivity index (χ2n) is 6.81. The topological polar surface area (TPSA) is 62.3 Å². The van der Waals surface area contributed by atoms with E-state index in [1.54, 1.807) is 18.3 Å². The lowest BCUT2D eigenvalue weighted by molar-refractivity contribution is 0.123. The molecule has 7 heteroatoms. The molecule has 0 amide bonds. The molecule has 1 saturated heterocycles. The number of hydrogen-bond acceptors (Lipinski definition) is 6. The Balaban J connectivity index is 1.39. The molecule has 2 N–H and O–H groups in total. The number of nitrogens with zero attached hydrogens (tertiary/aromatic N) is 3. The lowest BCUT2D eigenvalue weighted by atomic mass is 10.1. The van der Waals surface area contributed by atoms with Crippen LogP contribution in [0.5, 0.6) is 0 Å². The van der Waals surface area contributed by atoms with Crippen molar-refractivity contribution in [3.63, 3.8) is 0 Å². The Bertz CT molecular complexity index is 928. The van der Waals surface area contributed by atoms with Crippen LogP contribution in [-0.4, -0.2) is 42.8 Å². The van der Waals surface area contributed by atoms with Crippen LogP contribution in [0, 0.1) is 5.82 Å². The van der Waals surface area contributed by atoms with E-state index >= 15 is 0 Å². The van der Waals surface area contributed by atoms with E-state index in [1.165, 1.54) is 12.1 Å². The molecule has 0 spiro atoms. The Hall–Kier alpha value is -3.19. The summed E-state index contributed by atoms with van der Waals surface area (Å²) in [5, 5.41) is 6.64. The molecule has 29 heavy (non-hydrogen) atoms. The maximum absolute atomic E-state index is 13.0. The van der Waals surface area contributed by atoms with Gasteiger partial charge in [0.1, 0.15) is 11.6 Å². The molecule has 4 rings (SSSR count). The second-order valence-corrected chi connectivity index (χ2v) is 6.81. The fourth-order valence-electron chi connectivity index (χ4n) is 3.28. The molecule has 0 radical (unpaired) electrons. The van der Waals surface area contributed by atoms with Gasteiger partial charge in [-0.1, -0.05) is 24.3 Å². The fourth-order valence-corrected chi connectivity index (χ4v) is 3.28. The number of nitrogens with one attached hydrogen (secondary N) is 2. The Morgan fingerprint density at radius 3 is 2.62 bits per heavy atom. The first-order valence-corrected chi connectivity index (χ1v) is 9.78. The summed E-state index contributed by atoms with van der Waals surface area (Å²) in [6.45, 7) is 3.90. The molecule has 2 heterocycles. The van der Waals surface area contributed by atoms with Crippen molar-refractivity contribution in [2.75, 3.05) is 48.4 Å². The molecule has 1 aliphatic rings. The van der Waals surface area contributed by atoms with E-state index in [-0.39, 0.29) is 5.82 Å². The van der Waals surface area contributed by atoms with Gasteiger partial charge < -0.3 is 20.3 Å². The third-order valence-corrected chi connectivity index (χ3v) is 4.79. The second kappa shape index (κ2) is 9.34. The molecule has 6 nitrogen and oxygen atoms in total. The Morgan fingerprint density at radius 2 is 1.79 bits per heavy atom. The normalized spacial score (nSPS) is 13.9. The monoisotopic (exact) mass is 393 g/mol. The van der Waals surface area contributed by atoms with Crippen LogP contribution in [0.4, 0.5) is 27.5 Å². The van der Waals surface area contributed by atoms with Crippen molar-refractivity contribution in [3.8, 4) is 0 Å². The van der Waals surface area contributed by atoms with E-state index in [1.807, 2.05) is 24.3 Å². The third kappa shape index (κ3) is 5.20. The van der Waals surface area contributed by atoms with Gasteiger partial charge in [-0.05, 0) is 42.3 Å². The van der Waals surface area contributed by atoms with Crippen molar-refractivity contribution < 1.29 is 9.13 Å². The van der Waals surface area contributed by atoms with Gasteiger partial charge in [-0.25, -0.2) is 9.37 Å². The van der Waals surface area contributed by atoms with Crippen molar-refractivity contribution >= 4 is 23.1 Å². The molecule has 0 unspecified atom stereocenters. The summed E-state index contributed by atoms with van der Waals surface area (Å²) in [4.78, 5) is 11.2. The van der Waals surface area contributed by atoms with Gasteiger partial charge in [-0.15, -0.1) is 0 Å². The average Bonchev–Trinajstić information content (AvgIpc) is 2.76. The zero-order chi connectivity index (χ0) is 19.9. The molecule has 1 aromatic heterocycles. The van der Waals surface area contributed by atoms with Gasteiger partial charge in [0, 0.05) is 25.8 Å². The van der Waals surface area contributed by atoms with Crippen LogP contribution in [-0.2, 0) is 11.2 Å². The van der Waals surface area contributed by atoms with Crippen molar-refractivity contribution in [2.24, 2.45) is 0 Å². The smallest absolute Gasteiger partial charge is 0.229 e. The molecule has 0 saturated carbocycles. The predicted molar refractivity (Wildman–Crippen MR) is 113 cm³/mol. The Kier molecular flexibility index (Phi) is 6.16. The lowest BCUT2D eigenvalue weighted by Crippen LogP contribution is -2.36. The predicted octanol–water partition coefficient (Wildman–Crippen LogP) is 3.85. The van der Waals surface area contributed by atoms with Crippen LogP contribution in [0.25, 0.3) is 0 Å². The Morgan fingerprint density at radius 1 is 1.00 bits per heavy atom. The largest absolute Gasteiger partial charge is 0.378 e. The van der Waals surface area contributed by atoms with Gasteiger partial charge in [0.05, 0.1) is 24.6 Å². The van der Waals surface area contributed by atoms with E-state index in [0.29, 0.717) is 12.5 Å². The lowest BCUT2D eigenvalue weighted by Gasteiger charge is -2.30. The molecule has 0 atom stereocenters. The fraction of sp³-hybridized carbons (Fsp3) is 0.273. The molecule has 1 fully saturated rings. The highest BCUT2D eigenvalue weighted by Crippen LogP contribution is 2.28. The van der Waals surface area contributed by atoms with Crippen molar-refractivity contribution in [1.29, 1.82) is 0 Å². The minimum absolute atomic E-state index is 0.217. The van der Waals surface area contributed by atoms with Crippen molar-refractivity contribution in [1.82, 2.24) is 9.97 Å². The van der Waals surface area contributed by atoms with Gasteiger partial charge >= 0.3 is 0 Å². The minimum Gasteiger partial charge on any atom is -0.378 e. The number of anilines is 4. The van der Waals surface area contributed by atoms with E-state index < -0.39 is 0 Å². The van der Waals surface area contributed by atoms with E-state index in [0.717, 1.165) is 55.5 Å². The standard InChI is InChI=1S/C22H24FN5O/c23-18-7-5-17(6-8-18)9-11-24-21-10-12-25-22(27-21)26-19-3-1-2-4-20(19)28-13-15-29-16-14-28/h1-8,10,12H,9,11,13-16H2,(H2,24,25,26,27). The van der Waals surface area contributed by atoms with Crippen LogP contribution in [0.1, 0.15) is 5.56 Å². The highest BCUT2D eigenvalue weighted by molar-refractivity contribution is 5.73. The summed E-state index contributed by atoms with van der Waals surface area (Å²) in [5.74, 6) is 1.07. The summed E-state index contributed by atoms with van der Waals surface area (Å²) < 4.78 is 18.5. The first kappa shape index (κ1) is 19.1. The van der Waals surface area contributed by atoms with Gasteiger partial charge in [-0.3, -0.25) is 0 Å². The minimum atomic E-state index is -0.217. The molecular weight excluding hydrogens is 369 g/mol. The zero-order valence-electron chi connectivity index (χ0n) is 16.1. The number of ether oxygens (including phenoxy) is 1. The van der Waals surface area contributed by atoms with Gasteiger partial charge in [0.25, 0.3) is 0 Å². The van der Waals surface area contributed by atoms with Gasteiger partial charge in [0.2, 0.25) is 5.95 Å². The number of morpholine rings is 1. The molecule has 2 aromatic carbocycles. The number of benzene rings is 2. The number of hydrogen-bond donors (Lipinski definition) is 2. The van der Waals surface area contributed by atoms with Crippen molar-refractivity contribution in [2.45, 2.75) is 6.42 Å². The molecule has 150 valence electrons. The number of halogens is 1. The maximum Gasteiger partial charge on any atom is 0.229 e.